The number of rotatable bonds is 9. The molecule has 0 amide bonds. The summed E-state index contributed by atoms with van der Waals surface area (Å²) in [5, 5.41) is 3.18. The third kappa shape index (κ3) is 5.29. The van der Waals surface area contributed by atoms with Crippen molar-refractivity contribution in [1.29, 1.82) is 0 Å². The molecule has 1 aromatic rings. The Morgan fingerprint density at radius 2 is 2.22 bits per heavy atom. The Bertz CT molecular complexity index is 369. The number of benzene rings is 1. The van der Waals surface area contributed by atoms with Crippen molar-refractivity contribution < 1.29 is 13.9 Å². The van der Waals surface area contributed by atoms with Crippen molar-refractivity contribution in [3.8, 4) is 5.75 Å². The number of ether oxygens (including phenoxy) is 2. The fraction of sp³-hybridized carbons (Fsp3) is 0.429. The highest BCUT2D eigenvalue weighted by Gasteiger charge is 2.02. The van der Waals surface area contributed by atoms with Crippen LogP contribution in [0.15, 0.2) is 30.9 Å². The second-order valence-corrected chi connectivity index (χ2v) is 3.84. The molecule has 0 aliphatic carbocycles. The molecular weight excluding hydrogens is 233 g/mol. The minimum Gasteiger partial charge on any atom is -0.494 e. The van der Waals surface area contributed by atoms with Gasteiger partial charge in [0.15, 0.2) is 11.6 Å². The monoisotopic (exact) mass is 253 g/mol. The van der Waals surface area contributed by atoms with E-state index in [1.165, 1.54) is 13.2 Å². The molecule has 0 aliphatic heterocycles. The van der Waals surface area contributed by atoms with Crippen molar-refractivity contribution in [1.82, 2.24) is 5.32 Å². The molecule has 0 atom stereocenters. The molecule has 0 fully saturated rings. The zero-order valence-electron chi connectivity index (χ0n) is 10.7. The van der Waals surface area contributed by atoms with Gasteiger partial charge in [-0.3, -0.25) is 0 Å². The van der Waals surface area contributed by atoms with E-state index in [0.29, 0.717) is 19.8 Å². The summed E-state index contributed by atoms with van der Waals surface area (Å²) in [6, 6.07) is 4.95. The van der Waals surface area contributed by atoms with E-state index in [1.54, 1.807) is 6.07 Å². The van der Waals surface area contributed by atoms with E-state index in [4.69, 9.17) is 9.47 Å². The van der Waals surface area contributed by atoms with Crippen LogP contribution in [0.3, 0.4) is 0 Å². The average molecular weight is 253 g/mol. The summed E-state index contributed by atoms with van der Waals surface area (Å²) in [5.74, 6) is -0.0643. The highest BCUT2D eigenvalue weighted by molar-refractivity contribution is 5.29. The van der Waals surface area contributed by atoms with Crippen LogP contribution in [0.2, 0.25) is 0 Å². The Morgan fingerprint density at radius 3 is 2.89 bits per heavy atom. The van der Waals surface area contributed by atoms with Crippen molar-refractivity contribution in [3.05, 3.63) is 42.2 Å². The maximum Gasteiger partial charge on any atom is 0.165 e. The molecule has 4 heteroatoms. The van der Waals surface area contributed by atoms with E-state index in [9.17, 15) is 4.39 Å². The summed E-state index contributed by atoms with van der Waals surface area (Å²) < 4.78 is 23.6. The Kier molecular flexibility index (Phi) is 7.06. The lowest BCUT2D eigenvalue weighted by Gasteiger charge is -2.07. The van der Waals surface area contributed by atoms with Crippen molar-refractivity contribution in [3.63, 3.8) is 0 Å². The van der Waals surface area contributed by atoms with E-state index >= 15 is 0 Å². The molecule has 1 aromatic carbocycles. The molecule has 100 valence electrons. The van der Waals surface area contributed by atoms with Crippen LogP contribution in [0.5, 0.6) is 5.75 Å². The number of hydrogen-bond acceptors (Lipinski definition) is 3. The van der Waals surface area contributed by atoms with E-state index in [-0.39, 0.29) is 11.6 Å². The van der Waals surface area contributed by atoms with Gasteiger partial charge in [0.2, 0.25) is 0 Å². The van der Waals surface area contributed by atoms with Crippen LogP contribution in [0, 0.1) is 5.82 Å². The highest BCUT2D eigenvalue weighted by Crippen LogP contribution is 2.17. The van der Waals surface area contributed by atoms with E-state index in [0.717, 1.165) is 18.5 Å². The summed E-state index contributed by atoms with van der Waals surface area (Å²) >= 11 is 0. The van der Waals surface area contributed by atoms with Crippen LogP contribution in [0.1, 0.15) is 12.0 Å². The Balaban J connectivity index is 2.19. The second-order valence-electron chi connectivity index (χ2n) is 3.84. The zero-order valence-corrected chi connectivity index (χ0v) is 10.7. The molecule has 0 saturated heterocycles. The molecule has 0 radical (unpaired) electrons. The van der Waals surface area contributed by atoms with E-state index in [2.05, 4.69) is 11.9 Å². The molecule has 0 saturated carbocycles. The Morgan fingerprint density at radius 1 is 1.39 bits per heavy atom. The number of halogens is 1. The largest absolute Gasteiger partial charge is 0.494 e. The van der Waals surface area contributed by atoms with Crippen molar-refractivity contribution in [2.75, 3.05) is 26.9 Å². The fourth-order valence-electron chi connectivity index (χ4n) is 1.47. The molecule has 3 nitrogen and oxygen atoms in total. The minimum absolute atomic E-state index is 0.270. The molecule has 0 heterocycles. The first-order chi connectivity index (χ1) is 8.77. The van der Waals surface area contributed by atoms with Crippen molar-refractivity contribution in [2.45, 2.75) is 13.0 Å². The first-order valence-corrected chi connectivity index (χ1v) is 5.99. The minimum atomic E-state index is -0.334. The summed E-state index contributed by atoms with van der Waals surface area (Å²) in [6.07, 6.45) is 2.69. The van der Waals surface area contributed by atoms with Gasteiger partial charge >= 0.3 is 0 Å². The Hall–Kier alpha value is -1.39. The van der Waals surface area contributed by atoms with Crippen molar-refractivity contribution >= 4 is 0 Å². The average Bonchev–Trinajstić information content (AvgIpc) is 2.38. The van der Waals surface area contributed by atoms with Gasteiger partial charge in [-0.15, -0.1) is 6.58 Å². The first-order valence-electron chi connectivity index (χ1n) is 5.99. The third-order valence-corrected chi connectivity index (χ3v) is 2.43. The van der Waals surface area contributed by atoms with Crippen molar-refractivity contribution in [2.24, 2.45) is 0 Å². The molecular formula is C14H20FNO2. The van der Waals surface area contributed by atoms with Gasteiger partial charge in [-0.1, -0.05) is 12.1 Å². The Labute approximate surface area is 108 Å². The molecule has 0 bridgehead atoms. The van der Waals surface area contributed by atoms with Crippen LogP contribution < -0.4 is 10.1 Å². The van der Waals surface area contributed by atoms with Gasteiger partial charge in [-0.2, -0.15) is 0 Å². The molecule has 1 rings (SSSR count). The summed E-state index contributed by atoms with van der Waals surface area (Å²) in [7, 11) is 1.46. The predicted octanol–water partition coefficient (Wildman–Crippen LogP) is 2.52. The van der Waals surface area contributed by atoms with Gasteiger partial charge in [0.05, 0.1) is 20.3 Å². The van der Waals surface area contributed by atoms with Crippen LogP contribution in [-0.2, 0) is 11.3 Å². The van der Waals surface area contributed by atoms with Crippen LogP contribution in [-0.4, -0.2) is 26.9 Å². The topological polar surface area (TPSA) is 30.5 Å². The van der Waals surface area contributed by atoms with Gasteiger partial charge in [-0.05, 0) is 24.1 Å². The number of methoxy groups -OCH3 is 1. The highest BCUT2D eigenvalue weighted by atomic mass is 19.1. The van der Waals surface area contributed by atoms with Gasteiger partial charge < -0.3 is 14.8 Å². The lowest BCUT2D eigenvalue weighted by molar-refractivity contribution is 0.140. The lowest BCUT2D eigenvalue weighted by atomic mass is 10.2. The molecule has 1 N–H and O–H groups in total. The zero-order chi connectivity index (χ0) is 13.2. The first kappa shape index (κ1) is 14.7. The van der Waals surface area contributed by atoms with E-state index in [1.807, 2.05) is 12.1 Å². The van der Waals surface area contributed by atoms with Gasteiger partial charge in [0.1, 0.15) is 0 Å². The summed E-state index contributed by atoms with van der Waals surface area (Å²) in [6.45, 7) is 6.32. The number of hydrogen-bond donors (Lipinski definition) is 1. The second kappa shape index (κ2) is 8.66. The maximum absolute atomic E-state index is 13.4. The van der Waals surface area contributed by atoms with E-state index < -0.39 is 0 Å². The van der Waals surface area contributed by atoms with Gasteiger partial charge in [-0.25, -0.2) is 4.39 Å². The van der Waals surface area contributed by atoms with Gasteiger partial charge in [0, 0.05) is 13.1 Å². The molecule has 0 aliphatic rings. The third-order valence-electron chi connectivity index (χ3n) is 2.43. The molecule has 0 spiro atoms. The molecule has 0 aromatic heterocycles. The SMILES string of the molecule is C=CCCOCCNCc1ccc(OC)c(F)c1. The lowest BCUT2D eigenvalue weighted by Crippen LogP contribution is -2.19. The summed E-state index contributed by atoms with van der Waals surface area (Å²) in [4.78, 5) is 0. The van der Waals surface area contributed by atoms with Crippen LogP contribution in [0.25, 0.3) is 0 Å². The normalized spacial score (nSPS) is 10.3. The standard InChI is InChI=1S/C14H20FNO2/c1-3-4-8-18-9-7-16-11-12-5-6-14(17-2)13(15)10-12/h3,5-6,10,16H,1,4,7-9,11H2,2H3. The molecule has 0 unspecified atom stereocenters. The van der Waals surface area contributed by atoms with Crippen LogP contribution >= 0.6 is 0 Å². The fourth-order valence-corrected chi connectivity index (χ4v) is 1.47. The van der Waals surface area contributed by atoms with Crippen LogP contribution in [0.4, 0.5) is 4.39 Å². The summed E-state index contributed by atoms with van der Waals surface area (Å²) in [5.41, 5.74) is 0.888. The smallest absolute Gasteiger partial charge is 0.165 e. The maximum atomic E-state index is 13.4. The van der Waals surface area contributed by atoms with Gasteiger partial charge in [0.25, 0.3) is 0 Å². The number of nitrogens with one attached hydrogen (secondary N) is 1. The predicted molar refractivity (Wildman–Crippen MR) is 70.3 cm³/mol. The molecule has 18 heavy (non-hydrogen) atoms. The quantitative estimate of drug-likeness (QED) is 0.542.